The van der Waals surface area contributed by atoms with Crippen LogP contribution in [-0.2, 0) is 24.0 Å². The summed E-state index contributed by atoms with van der Waals surface area (Å²) >= 11 is 0. The molecule has 0 unspecified atom stereocenters. The number of amides is 3. The van der Waals surface area contributed by atoms with Crippen molar-refractivity contribution in [2.75, 3.05) is 13.1 Å². The van der Waals surface area contributed by atoms with E-state index in [2.05, 4.69) is 5.32 Å². The molecular weight excluding hydrogens is 379 g/mol. The van der Waals surface area contributed by atoms with Crippen LogP contribution in [0, 0.1) is 0 Å². The van der Waals surface area contributed by atoms with Gasteiger partial charge in [-0.25, -0.2) is 9.59 Å². The summed E-state index contributed by atoms with van der Waals surface area (Å²) < 4.78 is 31.7. The summed E-state index contributed by atoms with van der Waals surface area (Å²) in [5, 5.41) is 18.4. The van der Waals surface area contributed by atoms with Crippen molar-refractivity contribution in [2.24, 2.45) is 5.73 Å². The van der Waals surface area contributed by atoms with Crippen molar-refractivity contribution in [3.05, 3.63) is 12.2 Å². The Labute approximate surface area is 150 Å². The number of nitrogens with zero attached hydrogens (tertiary/aromatic N) is 1. The van der Waals surface area contributed by atoms with E-state index in [0.29, 0.717) is 19.4 Å². The number of carbonyl (C=O) groups excluding carboxylic acids is 3. The smallest absolute Gasteiger partial charge is 0.480 e. The van der Waals surface area contributed by atoms with Gasteiger partial charge < -0.3 is 21.3 Å². The molecule has 0 aliphatic carbocycles. The monoisotopic (exact) mass is 397 g/mol. The molecule has 0 saturated heterocycles. The van der Waals surface area contributed by atoms with E-state index in [1.807, 2.05) is 0 Å². The zero-order chi connectivity index (χ0) is 21.2. The number of carboxylic acid groups (broad SMARTS) is 2. The van der Waals surface area contributed by atoms with Crippen LogP contribution in [0.5, 0.6) is 0 Å². The second-order valence-corrected chi connectivity index (χ2v) is 5.14. The molecule has 0 saturated carbocycles. The maximum Gasteiger partial charge on any atom is 0.490 e. The number of hydrogen-bond acceptors (Lipinski definition) is 6. The van der Waals surface area contributed by atoms with Crippen molar-refractivity contribution in [3.8, 4) is 0 Å². The Morgan fingerprint density at radius 2 is 1.59 bits per heavy atom. The van der Waals surface area contributed by atoms with Crippen LogP contribution < -0.4 is 11.1 Å². The minimum atomic E-state index is -5.08. The van der Waals surface area contributed by atoms with Gasteiger partial charge in [0.25, 0.3) is 11.8 Å². The average Bonchev–Trinajstić information content (AvgIpc) is 2.85. The number of alkyl halides is 3. The SMILES string of the molecule is NCCCC[C@@H](NC(=O)CN1C(=O)C=CC1=O)C(=O)O.O=C(O)C(F)(F)F. The molecule has 1 heterocycles. The Kier molecular flexibility index (Phi) is 9.71. The number of carbonyl (C=O) groups is 5. The summed E-state index contributed by atoms with van der Waals surface area (Å²) in [4.78, 5) is 54.8. The highest BCUT2D eigenvalue weighted by Gasteiger charge is 2.38. The first-order chi connectivity index (χ1) is 12.4. The predicted octanol–water partition coefficient (Wildman–Crippen LogP) is -0.757. The quantitative estimate of drug-likeness (QED) is 0.306. The van der Waals surface area contributed by atoms with Crippen molar-refractivity contribution >= 4 is 29.7 Å². The van der Waals surface area contributed by atoms with Gasteiger partial charge in [0.15, 0.2) is 0 Å². The molecule has 5 N–H and O–H groups in total. The number of aliphatic carboxylic acids is 2. The van der Waals surface area contributed by atoms with Gasteiger partial charge in [-0.3, -0.25) is 19.3 Å². The van der Waals surface area contributed by atoms with Gasteiger partial charge in [-0.1, -0.05) is 0 Å². The number of nitrogens with one attached hydrogen (secondary N) is 1. The maximum absolute atomic E-state index is 11.7. The molecule has 13 heteroatoms. The van der Waals surface area contributed by atoms with Gasteiger partial charge in [-0.2, -0.15) is 13.2 Å². The first-order valence-corrected chi connectivity index (χ1v) is 7.46. The Hall–Kier alpha value is -2.96. The van der Waals surface area contributed by atoms with Gasteiger partial charge in [0, 0.05) is 12.2 Å². The van der Waals surface area contributed by atoms with Gasteiger partial charge in [0.1, 0.15) is 12.6 Å². The highest BCUT2D eigenvalue weighted by Crippen LogP contribution is 2.13. The van der Waals surface area contributed by atoms with Crippen molar-refractivity contribution in [2.45, 2.75) is 31.5 Å². The van der Waals surface area contributed by atoms with Crippen LogP contribution in [0.3, 0.4) is 0 Å². The molecule has 0 aromatic rings. The van der Waals surface area contributed by atoms with Gasteiger partial charge in [-0.05, 0) is 25.8 Å². The van der Waals surface area contributed by atoms with Crippen molar-refractivity contribution in [1.82, 2.24) is 10.2 Å². The number of nitrogens with two attached hydrogens (primary N) is 1. The molecule has 3 amide bonds. The first-order valence-electron chi connectivity index (χ1n) is 7.46. The van der Waals surface area contributed by atoms with Crippen LogP contribution in [-0.4, -0.2) is 70.1 Å². The molecule has 1 atom stereocenters. The predicted molar refractivity (Wildman–Crippen MR) is 82.0 cm³/mol. The molecule has 0 bridgehead atoms. The molecular formula is C14H18F3N3O7. The summed E-state index contributed by atoms with van der Waals surface area (Å²) in [6.07, 6.45) is -1.49. The van der Waals surface area contributed by atoms with E-state index < -0.39 is 48.4 Å². The maximum atomic E-state index is 11.7. The first kappa shape index (κ1) is 24.0. The molecule has 0 spiro atoms. The molecule has 152 valence electrons. The van der Waals surface area contributed by atoms with E-state index in [-0.39, 0.29) is 6.42 Å². The molecule has 1 aliphatic heterocycles. The third-order valence-corrected chi connectivity index (χ3v) is 3.03. The van der Waals surface area contributed by atoms with Gasteiger partial charge in [-0.15, -0.1) is 0 Å². The van der Waals surface area contributed by atoms with Crippen LogP contribution in [0.4, 0.5) is 13.2 Å². The Morgan fingerprint density at radius 1 is 1.11 bits per heavy atom. The molecule has 0 fully saturated rings. The van der Waals surface area contributed by atoms with Gasteiger partial charge in [0.2, 0.25) is 5.91 Å². The topological polar surface area (TPSA) is 167 Å². The molecule has 1 rings (SSSR count). The zero-order valence-electron chi connectivity index (χ0n) is 13.9. The summed E-state index contributed by atoms with van der Waals surface area (Å²) in [5.41, 5.74) is 5.31. The zero-order valence-corrected chi connectivity index (χ0v) is 13.9. The number of unbranched alkanes of at least 4 members (excludes halogenated alkanes) is 1. The average molecular weight is 397 g/mol. The molecule has 0 aromatic carbocycles. The fraction of sp³-hybridized carbons (Fsp3) is 0.500. The standard InChI is InChI=1S/C12H17N3O5.C2HF3O2/c13-6-2-1-3-8(12(19)20)14-9(16)7-15-10(17)4-5-11(15)18;3-2(4,5)1(6)7/h4-5,8H,1-3,6-7,13H2,(H,14,16)(H,19,20);(H,6,7)/t8-;/m1./s1. The summed E-state index contributed by atoms with van der Waals surface area (Å²) in [6.45, 7) is -0.0337. The summed E-state index contributed by atoms with van der Waals surface area (Å²) in [5.74, 6) is -5.77. The minimum absolute atomic E-state index is 0.248. The lowest BCUT2D eigenvalue weighted by Crippen LogP contribution is -2.46. The number of carboxylic acids is 2. The summed E-state index contributed by atoms with van der Waals surface area (Å²) in [6, 6.07) is -1.05. The van der Waals surface area contributed by atoms with Crippen molar-refractivity contribution in [1.29, 1.82) is 0 Å². The van der Waals surface area contributed by atoms with E-state index in [1.165, 1.54) is 0 Å². The number of imide groups is 1. The lowest BCUT2D eigenvalue weighted by Gasteiger charge is -2.17. The lowest BCUT2D eigenvalue weighted by molar-refractivity contribution is -0.192. The lowest BCUT2D eigenvalue weighted by atomic mass is 10.1. The van der Waals surface area contributed by atoms with E-state index in [9.17, 15) is 32.3 Å². The van der Waals surface area contributed by atoms with Gasteiger partial charge >= 0.3 is 18.1 Å². The normalized spacial score (nSPS) is 14.4. The van der Waals surface area contributed by atoms with Crippen LogP contribution in [0.1, 0.15) is 19.3 Å². The number of rotatable bonds is 8. The summed E-state index contributed by atoms with van der Waals surface area (Å²) in [7, 11) is 0. The molecule has 1 aliphatic rings. The molecule has 27 heavy (non-hydrogen) atoms. The molecule has 10 nitrogen and oxygen atoms in total. The van der Waals surface area contributed by atoms with E-state index in [1.54, 1.807) is 0 Å². The number of halogens is 3. The largest absolute Gasteiger partial charge is 0.490 e. The second kappa shape index (κ2) is 10.9. The highest BCUT2D eigenvalue weighted by atomic mass is 19.4. The van der Waals surface area contributed by atoms with E-state index in [0.717, 1.165) is 17.1 Å². The van der Waals surface area contributed by atoms with E-state index >= 15 is 0 Å². The fourth-order valence-corrected chi connectivity index (χ4v) is 1.72. The molecule has 0 radical (unpaired) electrons. The Balaban J connectivity index is 0.000000821. The van der Waals surface area contributed by atoms with E-state index in [4.69, 9.17) is 20.7 Å². The van der Waals surface area contributed by atoms with Crippen LogP contribution in [0.15, 0.2) is 12.2 Å². The van der Waals surface area contributed by atoms with Crippen LogP contribution in [0.25, 0.3) is 0 Å². The van der Waals surface area contributed by atoms with Crippen molar-refractivity contribution < 1.29 is 47.4 Å². The molecule has 0 aromatic heterocycles. The third-order valence-electron chi connectivity index (χ3n) is 3.03. The number of hydrogen-bond donors (Lipinski definition) is 4. The Morgan fingerprint density at radius 3 is 1.96 bits per heavy atom. The Bertz CT molecular complexity index is 602. The second-order valence-electron chi connectivity index (χ2n) is 5.14. The van der Waals surface area contributed by atoms with Crippen molar-refractivity contribution in [3.63, 3.8) is 0 Å². The van der Waals surface area contributed by atoms with Gasteiger partial charge in [0.05, 0.1) is 0 Å². The van der Waals surface area contributed by atoms with Crippen LogP contribution >= 0.6 is 0 Å². The third kappa shape index (κ3) is 9.34. The fourth-order valence-electron chi connectivity index (χ4n) is 1.72. The highest BCUT2D eigenvalue weighted by molar-refractivity contribution is 6.14. The minimum Gasteiger partial charge on any atom is -0.480 e. The van der Waals surface area contributed by atoms with Crippen LogP contribution in [0.2, 0.25) is 0 Å².